The number of amides is 3. The van der Waals surface area contributed by atoms with Crippen molar-refractivity contribution in [2.45, 2.75) is 51.6 Å². The van der Waals surface area contributed by atoms with Crippen LogP contribution in [0.1, 0.15) is 39.5 Å². The summed E-state index contributed by atoms with van der Waals surface area (Å²) in [4.78, 5) is 26.8. The number of carbonyl (C=O) groups excluding carboxylic acids is 2. The summed E-state index contributed by atoms with van der Waals surface area (Å²) >= 11 is 0. The molecule has 136 valence electrons. The van der Waals surface area contributed by atoms with Gasteiger partial charge in [-0.25, -0.2) is 4.79 Å². The van der Waals surface area contributed by atoms with Crippen LogP contribution in [-0.4, -0.2) is 42.0 Å². The molecule has 1 unspecified atom stereocenters. The van der Waals surface area contributed by atoms with Gasteiger partial charge in [0.05, 0.1) is 6.04 Å². The van der Waals surface area contributed by atoms with Gasteiger partial charge in [0.25, 0.3) is 0 Å². The van der Waals surface area contributed by atoms with Crippen molar-refractivity contribution in [3.05, 3.63) is 24.3 Å². The van der Waals surface area contributed by atoms with E-state index in [4.69, 9.17) is 0 Å². The van der Waals surface area contributed by atoms with Crippen molar-refractivity contribution in [2.24, 2.45) is 5.92 Å². The lowest BCUT2D eigenvalue weighted by Gasteiger charge is -2.26. The highest BCUT2D eigenvalue weighted by molar-refractivity contribution is 5.96. The van der Waals surface area contributed by atoms with Crippen molar-refractivity contribution in [3.8, 4) is 0 Å². The van der Waals surface area contributed by atoms with Gasteiger partial charge in [0.1, 0.15) is 0 Å². The quantitative estimate of drug-likeness (QED) is 0.743. The lowest BCUT2D eigenvalue weighted by molar-refractivity contribution is -0.121. The van der Waals surface area contributed by atoms with Crippen LogP contribution in [-0.2, 0) is 4.79 Å². The topological polar surface area (TPSA) is 73.5 Å². The van der Waals surface area contributed by atoms with E-state index in [1.54, 1.807) is 12.1 Å². The first kappa shape index (κ1) is 17.7. The van der Waals surface area contributed by atoms with Crippen molar-refractivity contribution in [1.29, 1.82) is 0 Å². The number of likely N-dealkylation sites (tertiary alicyclic amines) is 1. The molecule has 1 aromatic carbocycles. The van der Waals surface area contributed by atoms with Gasteiger partial charge in [-0.15, -0.1) is 0 Å². The van der Waals surface area contributed by atoms with Crippen LogP contribution in [0.2, 0.25) is 0 Å². The van der Waals surface area contributed by atoms with Crippen LogP contribution in [0.5, 0.6) is 0 Å². The monoisotopic (exact) mass is 344 g/mol. The molecule has 1 heterocycles. The Morgan fingerprint density at radius 2 is 1.56 bits per heavy atom. The number of hydrogen-bond donors (Lipinski definition) is 3. The van der Waals surface area contributed by atoms with Crippen molar-refractivity contribution in [2.75, 3.05) is 23.7 Å². The molecule has 1 aromatic rings. The molecule has 1 saturated carbocycles. The molecular formula is C19H28N4O2. The summed E-state index contributed by atoms with van der Waals surface area (Å²) < 4.78 is 0. The first-order valence-electron chi connectivity index (χ1n) is 9.25. The molecule has 0 radical (unpaired) electrons. The number of rotatable bonds is 6. The van der Waals surface area contributed by atoms with E-state index in [0.29, 0.717) is 11.6 Å². The number of nitrogens with zero attached hydrogens (tertiary/aromatic N) is 1. The maximum Gasteiger partial charge on any atom is 0.319 e. The average molecular weight is 344 g/mol. The Hall–Kier alpha value is -2.08. The standard InChI is InChI=1S/C19H28N4O2/c1-13(2)20-19(25)22-16-9-7-15(8-10-16)21-18(24)17(14-5-6-14)23-11-3-4-12-23/h7-10,13-14,17H,3-6,11-12H2,1-2H3,(H,21,24)(H2,20,22,25). The Morgan fingerprint density at radius 3 is 2.08 bits per heavy atom. The van der Waals surface area contributed by atoms with Crippen molar-refractivity contribution in [1.82, 2.24) is 10.2 Å². The normalized spacial score (nSPS) is 18.8. The molecule has 1 aliphatic carbocycles. The molecule has 6 nitrogen and oxygen atoms in total. The van der Waals surface area contributed by atoms with Gasteiger partial charge >= 0.3 is 6.03 Å². The van der Waals surface area contributed by atoms with Gasteiger partial charge in [-0.05, 0) is 82.8 Å². The molecule has 3 amide bonds. The molecule has 0 aromatic heterocycles. The lowest BCUT2D eigenvalue weighted by atomic mass is 10.1. The second-order valence-corrected chi connectivity index (χ2v) is 7.35. The summed E-state index contributed by atoms with van der Waals surface area (Å²) in [5.41, 5.74) is 1.47. The summed E-state index contributed by atoms with van der Waals surface area (Å²) in [6.07, 6.45) is 4.69. The van der Waals surface area contributed by atoms with Gasteiger partial charge in [0, 0.05) is 17.4 Å². The zero-order chi connectivity index (χ0) is 17.8. The fourth-order valence-corrected chi connectivity index (χ4v) is 3.39. The second kappa shape index (κ2) is 7.87. The first-order valence-corrected chi connectivity index (χ1v) is 9.25. The van der Waals surface area contributed by atoms with Crippen LogP contribution < -0.4 is 16.0 Å². The largest absolute Gasteiger partial charge is 0.336 e. The van der Waals surface area contributed by atoms with Gasteiger partial charge in [-0.2, -0.15) is 0 Å². The van der Waals surface area contributed by atoms with Crippen LogP contribution in [0, 0.1) is 5.92 Å². The molecule has 2 aliphatic rings. The van der Waals surface area contributed by atoms with Crippen molar-refractivity contribution < 1.29 is 9.59 Å². The Balaban J connectivity index is 1.56. The fraction of sp³-hybridized carbons (Fsp3) is 0.579. The minimum atomic E-state index is -0.227. The molecule has 25 heavy (non-hydrogen) atoms. The Bertz CT molecular complexity index is 604. The number of urea groups is 1. The van der Waals surface area contributed by atoms with Crippen molar-refractivity contribution in [3.63, 3.8) is 0 Å². The Morgan fingerprint density at radius 1 is 1.00 bits per heavy atom. The van der Waals surface area contributed by atoms with Crippen LogP contribution >= 0.6 is 0 Å². The molecule has 3 rings (SSSR count). The van der Waals surface area contributed by atoms with E-state index < -0.39 is 0 Å². The van der Waals surface area contributed by atoms with Gasteiger partial charge in [0.15, 0.2) is 0 Å². The first-order chi connectivity index (χ1) is 12.0. The molecule has 2 fully saturated rings. The third-order valence-corrected chi connectivity index (χ3v) is 4.70. The Kier molecular flexibility index (Phi) is 5.58. The van der Waals surface area contributed by atoms with Gasteiger partial charge in [-0.3, -0.25) is 9.69 Å². The maximum absolute atomic E-state index is 12.7. The highest BCUT2D eigenvalue weighted by atomic mass is 16.2. The van der Waals surface area contributed by atoms with Crippen molar-refractivity contribution >= 4 is 23.3 Å². The zero-order valence-electron chi connectivity index (χ0n) is 15.0. The number of anilines is 2. The molecule has 1 atom stereocenters. The summed E-state index contributed by atoms with van der Waals surface area (Å²) in [6, 6.07) is 7.14. The van der Waals surface area contributed by atoms with E-state index in [2.05, 4.69) is 20.9 Å². The fourth-order valence-electron chi connectivity index (χ4n) is 3.39. The van der Waals surface area contributed by atoms with Crippen LogP contribution in [0.25, 0.3) is 0 Å². The average Bonchev–Trinajstić information content (AvgIpc) is 3.22. The van der Waals surface area contributed by atoms with Crippen LogP contribution in [0.4, 0.5) is 16.2 Å². The predicted octanol–water partition coefficient (Wildman–Crippen LogP) is 3.03. The molecule has 1 saturated heterocycles. The van der Waals surface area contributed by atoms with Gasteiger partial charge < -0.3 is 16.0 Å². The molecule has 0 spiro atoms. The van der Waals surface area contributed by atoms with Gasteiger partial charge in [0.2, 0.25) is 5.91 Å². The number of benzene rings is 1. The minimum Gasteiger partial charge on any atom is -0.336 e. The molecule has 1 aliphatic heterocycles. The maximum atomic E-state index is 12.7. The molecule has 0 bridgehead atoms. The third-order valence-electron chi connectivity index (χ3n) is 4.70. The SMILES string of the molecule is CC(C)NC(=O)Nc1ccc(NC(=O)C(C2CC2)N2CCCC2)cc1. The zero-order valence-corrected chi connectivity index (χ0v) is 15.0. The summed E-state index contributed by atoms with van der Waals surface area (Å²) in [5.74, 6) is 0.612. The highest BCUT2D eigenvalue weighted by Gasteiger charge is 2.40. The predicted molar refractivity (Wildman–Crippen MR) is 99.7 cm³/mol. The van der Waals surface area contributed by atoms with E-state index in [1.807, 2.05) is 26.0 Å². The highest BCUT2D eigenvalue weighted by Crippen LogP contribution is 2.37. The molecule has 6 heteroatoms. The second-order valence-electron chi connectivity index (χ2n) is 7.35. The molecule has 3 N–H and O–H groups in total. The molecular weight excluding hydrogens is 316 g/mol. The van der Waals surface area contributed by atoms with E-state index in [1.165, 1.54) is 12.8 Å². The number of nitrogens with one attached hydrogen (secondary N) is 3. The lowest BCUT2D eigenvalue weighted by Crippen LogP contribution is -2.44. The van der Waals surface area contributed by atoms with Gasteiger partial charge in [-0.1, -0.05) is 0 Å². The smallest absolute Gasteiger partial charge is 0.319 e. The van der Waals surface area contributed by atoms with E-state index in [-0.39, 0.29) is 24.0 Å². The number of hydrogen-bond acceptors (Lipinski definition) is 3. The van der Waals surface area contributed by atoms with E-state index in [9.17, 15) is 9.59 Å². The summed E-state index contributed by atoms with van der Waals surface area (Å²) in [5, 5.41) is 8.60. The van der Waals surface area contributed by atoms with Crippen LogP contribution in [0.15, 0.2) is 24.3 Å². The Labute approximate surface area is 149 Å². The van der Waals surface area contributed by atoms with Crippen LogP contribution in [0.3, 0.4) is 0 Å². The van der Waals surface area contributed by atoms with E-state index in [0.717, 1.165) is 31.6 Å². The number of carbonyl (C=O) groups is 2. The van der Waals surface area contributed by atoms with E-state index >= 15 is 0 Å². The summed E-state index contributed by atoms with van der Waals surface area (Å²) in [7, 11) is 0. The summed E-state index contributed by atoms with van der Waals surface area (Å²) in [6.45, 7) is 5.88. The third kappa shape index (κ3) is 4.95. The minimum absolute atomic E-state index is 0.0112.